The van der Waals surface area contributed by atoms with E-state index in [-0.39, 0.29) is 5.75 Å². The lowest BCUT2D eigenvalue weighted by Crippen LogP contribution is -2.12. The van der Waals surface area contributed by atoms with E-state index in [2.05, 4.69) is 10.2 Å². The minimum absolute atomic E-state index is 0.0235. The SMILES string of the molecule is CCn1c(SCc2csc(-c3ccccc3)n2)nnc1C(C)Oc1ccc(F)cc1F. The van der Waals surface area contributed by atoms with E-state index in [1.807, 2.05) is 47.2 Å². The van der Waals surface area contributed by atoms with E-state index in [1.54, 1.807) is 18.3 Å². The lowest BCUT2D eigenvalue weighted by molar-refractivity contribution is 0.200. The lowest BCUT2D eigenvalue weighted by Gasteiger charge is -2.16. The number of rotatable bonds is 8. The van der Waals surface area contributed by atoms with Gasteiger partial charge >= 0.3 is 0 Å². The number of aromatic nitrogens is 4. The van der Waals surface area contributed by atoms with Gasteiger partial charge in [0.15, 0.2) is 28.7 Å². The molecule has 31 heavy (non-hydrogen) atoms. The summed E-state index contributed by atoms with van der Waals surface area (Å²) in [5, 5.41) is 12.3. The van der Waals surface area contributed by atoms with E-state index in [4.69, 9.17) is 9.72 Å². The molecular formula is C22H20F2N4OS2. The van der Waals surface area contributed by atoms with Crippen molar-refractivity contribution in [3.8, 4) is 16.3 Å². The Hall–Kier alpha value is -2.78. The quantitative estimate of drug-likeness (QED) is 0.297. The maximum Gasteiger partial charge on any atom is 0.191 e. The Morgan fingerprint density at radius 2 is 1.94 bits per heavy atom. The van der Waals surface area contributed by atoms with Crippen LogP contribution in [-0.2, 0) is 12.3 Å². The molecule has 0 aliphatic rings. The Morgan fingerprint density at radius 3 is 2.68 bits per heavy atom. The van der Waals surface area contributed by atoms with Gasteiger partial charge in [-0.3, -0.25) is 0 Å². The van der Waals surface area contributed by atoms with Crippen LogP contribution < -0.4 is 4.74 Å². The Balaban J connectivity index is 1.45. The average molecular weight is 459 g/mol. The molecule has 0 aliphatic heterocycles. The number of nitrogens with zero attached hydrogens (tertiary/aromatic N) is 4. The van der Waals surface area contributed by atoms with E-state index < -0.39 is 17.7 Å². The van der Waals surface area contributed by atoms with Crippen molar-refractivity contribution < 1.29 is 13.5 Å². The van der Waals surface area contributed by atoms with Crippen molar-refractivity contribution in [1.82, 2.24) is 19.7 Å². The summed E-state index contributed by atoms with van der Waals surface area (Å²) in [6.45, 7) is 4.38. The number of benzene rings is 2. The Bertz CT molecular complexity index is 1160. The molecule has 4 aromatic rings. The van der Waals surface area contributed by atoms with Crippen LogP contribution in [-0.4, -0.2) is 19.7 Å². The van der Waals surface area contributed by atoms with E-state index in [0.717, 1.165) is 33.6 Å². The smallest absolute Gasteiger partial charge is 0.191 e. The first kappa shape index (κ1) is 21.5. The summed E-state index contributed by atoms with van der Waals surface area (Å²) in [6, 6.07) is 13.3. The molecule has 1 unspecified atom stereocenters. The van der Waals surface area contributed by atoms with Crippen LogP contribution >= 0.6 is 23.1 Å². The van der Waals surface area contributed by atoms with Crippen molar-refractivity contribution in [2.45, 2.75) is 37.4 Å². The van der Waals surface area contributed by atoms with Crippen LogP contribution in [0.3, 0.4) is 0 Å². The van der Waals surface area contributed by atoms with Crippen LogP contribution in [0.2, 0.25) is 0 Å². The van der Waals surface area contributed by atoms with Gasteiger partial charge in [0.05, 0.1) is 5.69 Å². The summed E-state index contributed by atoms with van der Waals surface area (Å²) in [4.78, 5) is 4.71. The number of ether oxygens (including phenoxy) is 1. The van der Waals surface area contributed by atoms with Crippen molar-refractivity contribution >= 4 is 23.1 Å². The molecule has 0 spiro atoms. The predicted molar refractivity (Wildman–Crippen MR) is 118 cm³/mol. The third-order valence-electron chi connectivity index (χ3n) is 4.54. The predicted octanol–water partition coefficient (Wildman–Crippen LogP) is 6.13. The molecule has 5 nitrogen and oxygen atoms in total. The molecule has 4 rings (SSSR count). The highest BCUT2D eigenvalue weighted by Gasteiger charge is 2.20. The van der Waals surface area contributed by atoms with Gasteiger partial charge < -0.3 is 9.30 Å². The van der Waals surface area contributed by atoms with Crippen molar-refractivity contribution in [2.24, 2.45) is 0 Å². The van der Waals surface area contributed by atoms with E-state index in [0.29, 0.717) is 18.1 Å². The van der Waals surface area contributed by atoms with Crippen LogP contribution in [0.1, 0.15) is 31.5 Å². The standard InChI is InChI=1S/C22H20F2N4OS2/c1-3-28-20(14(2)29-19-10-9-16(23)11-18(19)24)26-27-22(28)31-13-17-12-30-21(25-17)15-7-5-4-6-8-15/h4-12,14H,3,13H2,1-2H3. The second-order valence-corrected chi connectivity index (χ2v) is 8.52. The van der Waals surface area contributed by atoms with Crippen LogP contribution in [0.5, 0.6) is 5.75 Å². The van der Waals surface area contributed by atoms with Crippen LogP contribution in [0.15, 0.2) is 59.1 Å². The van der Waals surface area contributed by atoms with Gasteiger partial charge in [-0.15, -0.1) is 21.5 Å². The van der Waals surface area contributed by atoms with Crippen LogP contribution in [0.4, 0.5) is 8.78 Å². The number of thioether (sulfide) groups is 1. The second kappa shape index (κ2) is 9.57. The van der Waals surface area contributed by atoms with Gasteiger partial charge in [-0.05, 0) is 26.0 Å². The van der Waals surface area contributed by atoms with E-state index in [1.165, 1.54) is 17.8 Å². The molecule has 1 atom stereocenters. The number of hydrogen-bond donors (Lipinski definition) is 0. The molecule has 9 heteroatoms. The molecule has 0 bridgehead atoms. The lowest BCUT2D eigenvalue weighted by atomic mass is 10.2. The first-order valence-electron chi connectivity index (χ1n) is 9.72. The van der Waals surface area contributed by atoms with Crippen molar-refractivity contribution in [1.29, 1.82) is 0 Å². The molecular weight excluding hydrogens is 438 g/mol. The van der Waals surface area contributed by atoms with Gasteiger partial charge in [0.2, 0.25) is 0 Å². The summed E-state index contributed by atoms with van der Waals surface area (Å²) in [7, 11) is 0. The highest BCUT2D eigenvalue weighted by molar-refractivity contribution is 7.98. The molecule has 0 amide bonds. The van der Waals surface area contributed by atoms with Gasteiger partial charge in [0.25, 0.3) is 0 Å². The Kier molecular flexibility index (Phi) is 6.62. The van der Waals surface area contributed by atoms with E-state index in [9.17, 15) is 8.78 Å². The number of halogens is 2. The zero-order valence-corrected chi connectivity index (χ0v) is 18.6. The van der Waals surface area contributed by atoms with Gasteiger partial charge in [-0.25, -0.2) is 13.8 Å². The van der Waals surface area contributed by atoms with Crippen molar-refractivity contribution in [3.63, 3.8) is 0 Å². The van der Waals surface area contributed by atoms with Crippen molar-refractivity contribution in [2.75, 3.05) is 0 Å². The normalized spacial score (nSPS) is 12.1. The molecule has 2 aromatic heterocycles. The summed E-state index contributed by atoms with van der Waals surface area (Å²) in [6.07, 6.45) is -0.550. The first-order chi connectivity index (χ1) is 15.0. The van der Waals surface area contributed by atoms with Gasteiger partial charge in [-0.1, -0.05) is 42.1 Å². The molecule has 160 valence electrons. The maximum atomic E-state index is 13.9. The molecule has 0 aliphatic carbocycles. The zero-order chi connectivity index (χ0) is 21.8. The summed E-state index contributed by atoms with van der Waals surface area (Å²) >= 11 is 3.15. The Morgan fingerprint density at radius 1 is 1.13 bits per heavy atom. The molecule has 0 saturated carbocycles. The maximum absolute atomic E-state index is 13.9. The summed E-state index contributed by atoms with van der Waals surface area (Å²) < 4.78 is 34.7. The zero-order valence-electron chi connectivity index (χ0n) is 17.0. The highest BCUT2D eigenvalue weighted by Crippen LogP contribution is 2.30. The average Bonchev–Trinajstić information content (AvgIpc) is 3.41. The fourth-order valence-electron chi connectivity index (χ4n) is 3.04. The van der Waals surface area contributed by atoms with E-state index >= 15 is 0 Å². The van der Waals surface area contributed by atoms with Crippen LogP contribution in [0, 0.1) is 11.6 Å². The first-order valence-corrected chi connectivity index (χ1v) is 11.6. The fraction of sp³-hybridized carbons (Fsp3) is 0.227. The number of thiazole rings is 1. The fourth-order valence-corrected chi connectivity index (χ4v) is 4.88. The van der Waals surface area contributed by atoms with Crippen molar-refractivity contribution in [3.05, 3.63) is 77.1 Å². The second-order valence-electron chi connectivity index (χ2n) is 6.72. The minimum Gasteiger partial charge on any atom is -0.480 e. The molecule has 2 heterocycles. The van der Waals surface area contributed by atoms with Crippen LogP contribution in [0.25, 0.3) is 10.6 Å². The molecule has 0 saturated heterocycles. The summed E-state index contributed by atoms with van der Waals surface area (Å²) in [5.74, 6) is -0.183. The molecule has 0 fully saturated rings. The van der Waals surface area contributed by atoms with Gasteiger partial charge in [-0.2, -0.15) is 0 Å². The number of hydrogen-bond acceptors (Lipinski definition) is 6. The molecule has 0 radical (unpaired) electrons. The topological polar surface area (TPSA) is 52.8 Å². The summed E-state index contributed by atoms with van der Waals surface area (Å²) in [5.41, 5.74) is 2.07. The Labute approximate surface area is 187 Å². The molecule has 2 aromatic carbocycles. The third kappa shape index (κ3) is 4.94. The van der Waals surface area contributed by atoms with Gasteiger partial charge in [0.1, 0.15) is 10.8 Å². The third-order valence-corrected chi connectivity index (χ3v) is 6.49. The largest absolute Gasteiger partial charge is 0.480 e. The molecule has 0 N–H and O–H groups in total. The minimum atomic E-state index is -0.748. The highest BCUT2D eigenvalue weighted by atomic mass is 32.2. The monoisotopic (exact) mass is 458 g/mol. The van der Waals surface area contributed by atoms with Gasteiger partial charge in [0, 0.05) is 29.3 Å².